The van der Waals surface area contributed by atoms with Gasteiger partial charge in [-0.05, 0) is 50.5 Å². The fourth-order valence-electron chi connectivity index (χ4n) is 3.63. The molecule has 1 aliphatic heterocycles. The molecule has 0 bridgehead atoms. The molecular formula is C23H23ClN4O2S. The van der Waals surface area contributed by atoms with Crippen LogP contribution in [0.3, 0.4) is 0 Å². The van der Waals surface area contributed by atoms with Gasteiger partial charge in [0.1, 0.15) is 15.7 Å². The number of hydrogen-bond donors (Lipinski definition) is 1. The van der Waals surface area contributed by atoms with E-state index in [0.29, 0.717) is 34.5 Å². The van der Waals surface area contributed by atoms with Gasteiger partial charge >= 0.3 is 0 Å². The average molecular weight is 455 g/mol. The second-order valence-electron chi connectivity index (χ2n) is 7.74. The summed E-state index contributed by atoms with van der Waals surface area (Å²) in [4.78, 5) is 37.1. The van der Waals surface area contributed by atoms with Crippen molar-refractivity contribution in [3.05, 3.63) is 63.8 Å². The summed E-state index contributed by atoms with van der Waals surface area (Å²) in [6, 6.07) is 11.1. The number of aromatic nitrogens is 2. The number of carbonyl (C=O) groups is 2. The summed E-state index contributed by atoms with van der Waals surface area (Å²) < 4.78 is 0. The third kappa shape index (κ3) is 4.94. The third-order valence-electron chi connectivity index (χ3n) is 5.30. The number of halogens is 1. The molecule has 6 nitrogen and oxygen atoms in total. The molecule has 1 unspecified atom stereocenters. The number of benzene rings is 1. The van der Waals surface area contributed by atoms with Crippen LogP contribution in [0, 0.1) is 19.8 Å². The van der Waals surface area contributed by atoms with Crippen LogP contribution < -0.4 is 5.32 Å². The molecule has 1 saturated heterocycles. The van der Waals surface area contributed by atoms with Gasteiger partial charge in [0.2, 0.25) is 5.91 Å². The second-order valence-corrected chi connectivity index (χ2v) is 9.18. The second kappa shape index (κ2) is 9.16. The number of likely N-dealkylation sites (tertiary alicyclic amines) is 1. The Hall–Kier alpha value is -2.77. The van der Waals surface area contributed by atoms with Gasteiger partial charge in [-0.25, -0.2) is 9.97 Å². The summed E-state index contributed by atoms with van der Waals surface area (Å²) in [7, 11) is 0. The minimum absolute atomic E-state index is 0.0748. The van der Waals surface area contributed by atoms with Crippen molar-refractivity contribution >= 4 is 40.6 Å². The molecule has 31 heavy (non-hydrogen) atoms. The van der Waals surface area contributed by atoms with E-state index in [4.69, 9.17) is 11.6 Å². The van der Waals surface area contributed by atoms with Crippen LogP contribution in [0.25, 0.3) is 10.6 Å². The number of piperidine rings is 1. The van der Waals surface area contributed by atoms with E-state index in [2.05, 4.69) is 15.3 Å². The largest absolute Gasteiger partial charge is 0.337 e. The van der Waals surface area contributed by atoms with Crippen molar-refractivity contribution in [2.45, 2.75) is 26.7 Å². The molecule has 3 heterocycles. The van der Waals surface area contributed by atoms with E-state index in [9.17, 15) is 9.59 Å². The van der Waals surface area contributed by atoms with Crippen molar-refractivity contribution in [2.24, 2.45) is 5.92 Å². The van der Waals surface area contributed by atoms with Crippen molar-refractivity contribution in [3.63, 3.8) is 0 Å². The highest BCUT2D eigenvalue weighted by atomic mass is 35.5. The van der Waals surface area contributed by atoms with Gasteiger partial charge in [-0.1, -0.05) is 29.8 Å². The molecule has 4 rings (SSSR count). The number of amides is 2. The highest BCUT2D eigenvalue weighted by molar-refractivity contribution is 7.17. The van der Waals surface area contributed by atoms with Crippen molar-refractivity contribution < 1.29 is 9.59 Å². The minimum atomic E-state index is -0.263. The zero-order valence-corrected chi connectivity index (χ0v) is 19.0. The predicted octanol–water partition coefficient (Wildman–Crippen LogP) is 4.97. The number of aryl methyl sites for hydroxylation is 2. The van der Waals surface area contributed by atoms with E-state index in [1.165, 1.54) is 11.3 Å². The predicted molar refractivity (Wildman–Crippen MR) is 124 cm³/mol. The number of thiazole rings is 1. The number of rotatable bonds is 4. The maximum atomic E-state index is 13.2. The normalized spacial score (nSPS) is 16.2. The Morgan fingerprint density at radius 3 is 2.81 bits per heavy atom. The Morgan fingerprint density at radius 1 is 1.23 bits per heavy atom. The summed E-state index contributed by atoms with van der Waals surface area (Å²) in [6.45, 7) is 4.81. The molecule has 0 aliphatic carbocycles. The van der Waals surface area contributed by atoms with E-state index >= 15 is 0 Å². The Bertz CT molecular complexity index is 1110. The number of hydrogen-bond acceptors (Lipinski definition) is 5. The van der Waals surface area contributed by atoms with Gasteiger partial charge in [-0.3, -0.25) is 9.59 Å². The number of anilines is 1. The first-order valence-corrected chi connectivity index (χ1v) is 11.4. The lowest BCUT2D eigenvalue weighted by Crippen LogP contribution is -2.43. The van der Waals surface area contributed by atoms with Gasteiger partial charge in [0.05, 0.1) is 11.6 Å². The van der Waals surface area contributed by atoms with E-state index in [1.54, 1.807) is 17.2 Å². The van der Waals surface area contributed by atoms with Crippen LogP contribution in [0.15, 0.2) is 42.6 Å². The quantitative estimate of drug-likeness (QED) is 0.604. The summed E-state index contributed by atoms with van der Waals surface area (Å²) >= 11 is 7.46. The Kier molecular flexibility index (Phi) is 6.34. The Labute approximate surface area is 190 Å². The van der Waals surface area contributed by atoms with Crippen LogP contribution in [0.5, 0.6) is 0 Å². The van der Waals surface area contributed by atoms with Crippen molar-refractivity contribution in [1.82, 2.24) is 14.9 Å². The van der Waals surface area contributed by atoms with Crippen LogP contribution in [0.2, 0.25) is 5.02 Å². The summed E-state index contributed by atoms with van der Waals surface area (Å²) in [5, 5.41) is 4.26. The van der Waals surface area contributed by atoms with E-state index < -0.39 is 0 Å². The van der Waals surface area contributed by atoms with Crippen LogP contribution in [0.1, 0.15) is 33.8 Å². The Morgan fingerprint density at radius 2 is 2.06 bits per heavy atom. The zero-order chi connectivity index (χ0) is 22.0. The first kappa shape index (κ1) is 21.5. The van der Waals surface area contributed by atoms with Crippen LogP contribution in [-0.4, -0.2) is 39.8 Å². The Balaban J connectivity index is 1.46. The molecule has 0 saturated carbocycles. The van der Waals surface area contributed by atoms with Crippen molar-refractivity contribution in [1.29, 1.82) is 0 Å². The van der Waals surface area contributed by atoms with Gasteiger partial charge in [-0.2, -0.15) is 0 Å². The fourth-order valence-corrected chi connectivity index (χ4v) is 4.85. The first-order chi connectivity index (χ1) is 14.9. The lowest BCUT2D eigenvalue weighted by Gasteiger charge is -2.31. The van der Waals surface area contributed by atoms with Gasteiger partial charge in [0.25, 0.3) is 5.91 Å². The fraction of sp³-hybridized carbons (Fsp3) is 0.304. The van der Waals surface area contributed by atoms with E-state index in [1.807, 2.05) is 44.2 Å². The van der Waals surface area contributed by atoms with Gasteiger partial charge in [0.15, 0.2) is 0 Å². The number of nitrogens with zero attached hydrogens (tertiary/aromatic N) is 3. The summed E-state index contributed by atoms with van der Waals surface area (Å²) in [5.41, 5.74) is 2.62. The molecule has 1 atom stereocenters. The lowest BCUT2D eigenvalue weighted by atomic mass is 9.97. The number of carbonyl (C=O) groups excluding carboxylic acids is 2. The maximum absolute atomic E-state index is 13.2. The molecule has 1 N–H and O–H groups in total. The van der Waals surface area contributed by atoms with E-state index in [0.717, 1.165) is 29.0 Å². The topological polar surface area (TPSA) is 75.2 Å². The maximum Gasteiger partial charge on any atom is 0.265 e. The van der Waals surface area contributed by atoms with Gasteiger partial charge in [-0.15, -0.1) is 11.3 Å². The highest BCUT2D eigenvalue weighted by Gasteiger charge is 2.31. The molecule has 8 heteroatoms. The third-order valence-corrected chi connectivity index (χ3v) is 6.73. The molecular weight excluding hydrogens is 432 g/mol. The lowest BCUT2D eigenvalue weighted by molar-refractivity contribution is -0.121. The van der Waals surface area contributed by atoms with Crippen LogP contribution in [0.4, 0.5) is 5.82 Å². The number of pyridine rings is 1. The molecule has 1 aliphatic rings. The molecule has 2 amide bonds. The minimum Gasteiger partial charge on any atom is -0.337 e. The molecule has 2 aromatic heterocycles. The highest BCUT2D eigenvalue weighted by Crippen LogP contribution is 2.31. The van der Waals surface area contributed by atoms with Gasteiger partial charge < -0.3 is 10.2 Å². The molecule has 1 fully saturated rings. The summed E-state index contributed by atoms with van der Waals surface area (Å²) in [6.07, 6.45) is 3.25. The smallest absolute Gasteiger partial charge is 0.265 e. The van der Waals surface area contributed by atoms with Crippen LogP contribution >= 0.6 is 22.9 Å². The standard InChI is InChI=1S/C23H23ClN4O2S/c1-14-8-9-19(25-12-14)27-21(29)17-6-4-10-28(13-17)23(30)20-15(2)26-22(31-20)16-5-3-7-18(24)11-16/h3,5,7-9,11-12,17H,4,6,10,13H2,1-2H3,(H,25,27,29). The molecule has 3 aromatic rings. The van der Waals surface area contributed by atoms with Crippen LogP contribution in [-0.2, 0) is 4.79 Å². The first-order valence-electron chi connectivity index (χ1n) is 10.2. The average Bonchev–Trinajstić information content (AvgIpc) is 3.16. The monoisotopic (exact) mass is 454 g/mol. The molecule has 1 aromatic carbocycles. The SMILES string of the molecule is Cc1ccc(NC(=O)C2CCCN(C(=O)c3sc(-c4cccc(Cl)c4)nc3C)C2)nc1. The zero-order valence-electron chi connectivity index (χ0n) is 17.4. The molecule has 0 spiro atoms. The summed E-state index contributed by atoms with van der Waals surface area (Å²) in [5.74, 6) is 0.0914. The number of nitrogens with one attached hydrogen (secondary N) is 1. The molecule has 0 radical (unpaired) electrons. The van der Waals surface area contributed by atoms with E-state index in [-0.39, 0.29) is 17.7 Å². The van der Waals surface area contributed by atoms with Crippen molar-refractivity contribution in [2.75, 3.05) is 18.4 Å². The molecule has 160 valence electrons. The van der Waals surface area contributed by atoms with Crippen molar-refractivity contribution in [3.8, 4) is 10.6 Å². The van der Waals surface area contributed by atoms with Gasteiger partial charge in [0, 0.05) is 29.9 Å².